The van der Waals surface area contributed by atoms with Crippen molar-refractivity contribution >= 4 is 33.7 Å². The summed E-state index contributed by atoms with van der Waals surface area (Å²) in [6, 6.07) is 6.18. The Hall–Kier alpha value is -2.67. The maximum atomic E-state index is 11.7. The number of pyridine rings is 1. The summed E-state index contributed by atoms with van der Waals surface area (Å²) in [5, 5.41) is 1.05. The third-order valence-electron chi connectivity index (χ3n) is 5.87. The number of nitrogens with zero attached hydrogens (tertiary/aromatic N) is 3. The number of esters is 1. The molecule has 2 N–H and O–H groups in total. The molecular weight excluding hydrogens is 380 g/mol. The summed E-state index contributed by atoms with van der Waals surface area (Å²) in [5.41, 5.74) is 10.1. The average molecular weight is 411 g/mol. The molecule has 0 unspecified atom stereocenters. The number of hydrogen-bond donors (Lipinski definition) is 1. The van der Waals surface area contributed by atoms with Gasteiger partial charge < -0.3 is 19.8 Å². The Labute approximate surface area is 176 Å². The van der Waals surface area contributed by atoms with E-state index in [2.05, 4.69) is 28.6 Å². The van der Waals surface area contributed by atoms with Crippen LogP contribution in [0.15, 0.2) is 18.2 Å². The predicted octanol–water partition coefficient (Wildman–Crippen LogP) is 3.65. The van der Waals surface area contributed by atoms with Gasteiger partial charge in [-0.25, -0.2) is 9.97 Å². The van der Waals surface area contributed by atoms with Gasteiger partial charge in [-0.05, 0) is 43.7 Å². The van der Waals surface area contributed by atoms with Crippen LogP contribution in [0.1, 0.15) is 44.5 Å². The topological polar surface area (TPSA) is 92.3 Å². The molecule has 0 atom stereocenters. The molecule has 0 saturated carbocycles. The van der Waals surface area contributed by atoms with Crippen LogP contribution in [0.25, 0.3) is 21.9 Å². The van der Waals surface area contributed by atoms with E-state index in [-0.39, 0.29) is 5.97 Å². The van der Waals surface area contributed by atoms with E-state index in [9.17, 15) is 4.79 Å². The predicted molar refractivity (Wildman–Crippen MR) is 117 cm³/mol. The quantitative estimate of drug-likeness (QED) is 0.598. The molecule has 0 bridgehead atoms. The molecule has 0 aliphatic carbocycles. The smallest absolute Gasteiger partial charge is 0.306 e. The standard InChI is InChI=1S/C23H30N4O3/c1-3-19-26-21-22(27(19)14-16-9-11-29-12-10-16)17-7-5-15(6-8-20(28)30-4-2)13-18(17)25-23(21)24/h5,7,13,16H,3-4,6,8-12,14H2,1-2H3,(H2,24,25). The van der Waals surface area contributed by atoms with Gasteiger partial charge in [-0.1, -0.05) is 19.1 Å². The lowest BCUT2D eigenvalue weighted by atomic mass is 10.00. The van der Waals surface area contributed by atoms with Gasteiger partial charge in [-0.2, -0.15) is 0 Å². The lowest BCUT2D eigenvalue weighted by Crippen LogP contribution is -2.21. The van der Waals surface area contributed by atoms with Crippen molar-refractivity contribution in [1.82, 2.24) is 14.5 Å². The molecule has 2 aromatic heterocycles. The highest BCUT2D eigenvalue weighted by Crippen LogP contribution is 2.31. The number of carbonyl (C=O) groups is 1. The van der Waals surface area contributed by atoms with E-state index >= 15 is 0 Å². The molecule has 4 rings (SSSR count). The van der Waals surface area contributed by atoms with Gasteiger partial charge in [0.15, 0.2) is 5.82 Å². The van der Waals surface area contributed by atoms with Crippen molar-refractivity contribution in [3.8, 4) is 0 Å². The van der Waals surface area contributed by atoms with Crippen molar-refractivity contribution < 1.29 is 14.3 Å². The van der Waals surface area contributed by atoms with Gasteiger partial charge in [-0.15, -0.1) is 0 Å². The number of anilines is 1. The first kappa shape index (κ1) is 20.6. The van der Waals surface area contributed by atoms with Crippen molar-refractivity contribution in [3.63, 3.8) is 0 Å². The van der Waals surface area contributed by atoms with Crippen molar-refractivity contribution in [2.24, 2.45) is 5.92 Å². The van der Waals surface area contributed by atoms with Crippen LogP contribution >= 0.6 is 0 Å². The Morgan fingerprint density at radius 2 is 2.07 bits per heavy atom. The number of carbonyl (C=O) groups excluding carboxylic acids is 1. The van der Waals surface area contributed by atoms with Gasteiger partial charge in [0.2, 0.25) is 0 Å². The molecular formula is C23H30N4O3. The summed E-state index contributed by atoms with van der Waals surface area (Å²) in [7, 11) is 0. The van der Waals surface area contributed by atoms with Gasteiger partial charge in [0, 0.05) is 38.0 Å². The Morgan fingerprint density at radius 3 is 2.80 bits per heavy atom. The lowest BCUT2D eigenvalue weighted by Gasteiger charge is -2.23. The Balaban J connectivity index is 1.73. The summed E-state index contributed by atoms with van der Waals surface area (Å²) >= 11 is 0. The second-order valence-corrected chi connectivity index (χ2v) is 7.90. The van der Waals surface area contributed by atoms with Crippen LogP contribution in [0.2, 0.25) is 0 Å². The van der Waals surface area contributed by atoms with Crippen LogP contribution in [0.3, 0.4) is 0 Å². The highest BCUT2D eigenvalue weighted by molar-refractivity contribution is 6.06. The molecule has 1 fully saturated rings. The molecule has 160 valence electrons. The van der Waals surface area contributed by atoms with Crippen LogP contribution in [0.4, 0.5) is 5.82 Å². The second-order valence-electron chi connectivity index (χ2n) is 7.90. The number of aryl methyl sites for hydroxylation is 2. The Kier molecular flexibility index (Phi) is 6.18. The molecule has 1 aliphatic heterocycles. The first-order chi connectivity index (χ1) is 14.6. The van der Waals surface area contributed by atoms with Crippen molar-refractivity contribution in [2.45, 2.75) is 52.5 Å². The number of fused-ring (bicyclic) bond motifs is 3. The van der Waals surface area contributed by atoms with Gasteiger partial charge in [0.05, 0.1) is 17.6 Å². The maximum absolute atomic E-state index is 11.7. The van der Waals surface area contributed by atoms with Crippen LogP contribution in [0.5, 0.6) is 0 Å². The van der Waals surface area contributed by atoms with E-state index in [0.29, 0.717) is 31.2 Å². The monoisotopic (exact) mass is 410 g/mol. The van der Waals surface area contributed by atoms with Crippen molar-refractivity contribution in [1.29, 1.82) is 0 Å². The number of nitrogen functional groups attached to an aromatic ring is 1. The lowest BCUT2D eigenvalue weighted by molar-refractivity contribution is -0.143. The molecule has 1 saturated heterocycles. The number of rotatable bonds is 7. The summed E-state index contributed by atoms with van der Waals surface area (Å²) < 4.78 is 12.9. The molecule has 7 heteroatoms. The van der Waals surface area contributed by atoms with Crippen molar-refractivity contribution in [2.75, 3.05) is 25.6 Å². The molecule has 1 aromatic carbocycles. The largest absolute Gasteiger partial charge is 0.466 e. The number of imidazole rings is 1. The highest BCUT2D eigenvalue weighted by Gasteiger charge is 2.21. The minimum Gasteiger partial charge on any atom is -0.466 e. The highest BCUT2D eigenvalue weighted by atomic mass is 16.5. The number of aromatic nitrogens is 3. The molecule has 0 radical (unpaired) electrons. The minimum atomic E-state index is -0.178. The van der Waals surface area contributed by atoms with Gasteiger partial charge in [-0.3, -0.25) is 4.79 Å². The number of hydrogen-bond acceptors (Lipinski definition) is 6. The third-order valence-corrected chi connectivity index (χ3v) is 5.87. The zero-order chi connectivity index (χ0) is 21.1. The first-order valence-electron chi connectivity index (χ1n) is 10.9. The van der Waals surface area contributed by atoms with Gasteiger partial charge in [0.1, 0.15) is 11.3 Å². The molecule has 30 heavy (non-hydrogen) atoms. The fourth-order valence-electron chi connectivity index (χ4n) is 4.29. The Bertz CT molecular complexity index is 1050. The molecule has 3 heterocycles. The number of benzene rings is 1. The molecule has 0 spiro atoms. The van der Waals surface area contributed by atoms with Crippen LogP contribution in [-0.4, -0.2) is 40.3 Å². The SMILES string of the molecule is CCOC(=O)CCc1ccc2c(c1)nc(N)c1nc(CC)n(CC3CCOCC3)c12. The van der Waals surface area contributed by atoms with Gasteiger partial charge >= 0.3 is 5.97 Å². The summed E-state index contributed by atoms with van der Waals surface area (Å²) in [4.78, 5) is 21.2. The summed E-state index contributed by atoms with van der Waals surface area (Å²) in [6.45, 7) is 6.93. The maximum Gasteiger partial charge on any atom is 0.306 e. The van der Waals surface area contributed by atoms with Crippen molar-refractivity contribution in [3.05, 3.63) is 29.6 Å². The molecule has 0 amide bonds. The Morgan fingerprint density at radius 1 is 1.27 bits per heavy atom. The fraction of sp³-hybridized carbons (Fsp3) is 0.522. The van der Waals surface area contributed by atoms with Gasteiger partial charge in [0.25, 0.3) is 0 Å². The van der Waals surface area contributed by atoms with E-state index < -0.39 is 0 Å². The van der Waals surface area contributed by atoms with Crippen LogP contribution in [0, 0.1) is 5.92 Å². The van der Waals surface area contributed by atoms with E-state index in [1.54, 1.807) is 0 Å². The number of nitrogens with two attached hydrogens (primary N) is 1. The summed E-state index contributed by atoms with van der Waals surface area (Å²) in [5.74, 6) is 1.90. The summed E-state index contributed by atoms with van der Waals surface area (Å²) in [6.07, 6.45) is 3.96. The van der Waals surface area contributed by atoms with E-state index in [1.165, 1.54) is 0 Å². The average Bonchev–Trinajstić information content (AvgIpc) is 3.12. The number of ether oxygens (including phenoxy) is 2. The van der Waals surface area contributed by atoms with Crippen LogP contribution in [-0.2, 0) is 33.7 Å². The minimum absolute atomic E-state index is 0.178. The zero-order valence-corrected chi connectivity index (χ0v) is 17.8. The van der Waals surface area contributed by atoms with E-state index in [0.717, 1.165) is 72.3 Å². The van der Waals surface area contributed by atoms with E-state index in [1.807, 2.05) is 13.0 Å². The zero-order valence-electron chi connectivity index (χ0n) is 17.8. The van der Waals surface area contributed by atoms with Crippen LogP contribution < -0.4 is 5.73 Å². The first-order valence-corrected chi connectivity index (χ1v) is 10.9. The third kappa shape index (κ3) is 4.12. The molecule has 1 aliphatic rings. The fourth-order valence-corrected chi connectivity index (χ4v) is 4.29. The molecule has 7 nitrogen and oxygen atoms in total. The second kappa shape index (κ2) is 9.00. The normalized spacial score (nSPS) is 15.1. The van der Waals surface area contributed by atoms with E-state index in [4.69, 9.17) is 20.2 Å². The molecule has 3 aromatic rings.